The first-order chi connectivity index (χ1) is 28.9. The van der Waals surface area contributed by atoms with E-state index in [1.165, 1.54) is 60.8 Å². The summed E-state index contributed by atoms with van der Waals surface area (Å²) in [7, 11) is 0. The van der Waals surface area contributed by atoms with E-state index < -0.39 is 17.6 Å². The lowest BCUT2D eigenvalue weighted by atomic mass is 9.34. The highest BCUT2D eigenvalue weighted by molar-refractivity contribution is 6.09. The number of ketones is 2. The van der Waals surface area contributed by atoms with Crippen LogP contribution in [0.4, 0.5) is 0 Å². The number of aliphatic imine (C=N–C) groups is 1. The van der Waals surface area contributed by atoms with Crippen LogP contribution >= 0.6 is 0 Å². The fourth-order valence-corrected chi connectivity index (χ4v) is 16.6. The lowest BCUT2D eigenvalue weighted by Gasteiger charge is -2.70. The SMILES string of the molecule is Cc1cc(CC2=CN(C[C@H]3C4=C([C@H](C)C[C@@H](O)[C@@H]5OC5(C)C)C(=O)C[C@@]4(C)[C@@]4(C)CC[C@@H]5[C@](C)(CCC(=O)[C@@]5(C)C5CCCC5)[C@@H]4[C@@H]3O)C3C=CN=C23)cc(C2CCCC2)c1. The summed E-state index contributed by atoms with van der Waals surface area (Å²) < 4.78 is 5.90. The van der Waals surface area contributed by atoms with E-state index in [0.717, 1.165) is 55.4 Å². The van der Waals surface area contributed by atoms with Crippen LogP contribution in [0.3, 0.4) is 0 Å². The zero-order valence-electron chi connectivity index (χ0n) is 38.6. The van der Waals surface area contributed by atoms with E-state index >= 15 is 0 Å². The Morgan fingerprint density at radius 1 is 0.951 bits per heavy atom. The summed E-state index contributed by atoms with van der Waals surface area (Å²) in [6.45, 7) is 18.5. The van der Waals surface area contributed by atoms with Crippen molar-refractivity contribution in [2.24, 2.45) is 56.2 Å². The van der Waals surface area contributed by atoms with Gasteiger partial charge >= 0.3 is 0 Å². The smallest absolute Gasteiger partial charge is 0.160 e. The number of aliphatic hydroxyl groups excluding tert-OH is 2. The van der Waals surface area contributed by atoms with Gasteiger partial charge in [0.2, 0.25) is 0 Å². The van der Waals surface area contributed by atoms with Crippen LogP contribution in [0.15, 0.2) is 58.4 Å². The molecule has 330 valence electrons. The molecule has 1 aromatic rings. The molecular formula is C54H74N2O5. The molecule has 2 N–H and O–H groups in total. The quantitative estimate of drug-likeness (QED) is 0.228. The Morgan fingerprint density at radius 2 is 1.66 bits per heavy atom. The standard InChI is InChI=1S/C54H74N2O5/c1-31-23-33(26-35(24-31)34-13-9-10-14-34)27-36-29-56(39-19-22-55-46(36)39)30-38-45-44(32(2)25-40(57)49-50(3,4)61-49)41(58)28-53(45,7)52(6)21-17-42-51(5,48(52)47(38)60)20-18-43(59)54(42,8)37-15-11-12-16-37/h19,22-24,26,29,32,34,37-40,42,47-49,57,60H,9-18,20-21,25,27-28,30H2,1-8H3/t32-,38+,39?,40-,42-,47-,48+,49+,51+,52+,53-,54+/m1/s1. The first kappa shape index (κ1) is 42.1. The van der Waals surface area contributed by atoms with Crippen LogP contribution in [0.25, 0.3) is 0 Å². The van der Waals surface area contributed by atoms with Crippen molar-refractivity contribution in [3.8, 4) is 0 Å². The Bertz CT molecular complexity index is 2120. The number of epoxide rings is 1. The van der Waals surface area contributed by atoms with Gasteiger partial charge < -0.3 is 19.8 Å². The number of nitrogens with zero attached hydrogens (tertiary/aromatic N) is 2. The van der Waals surface area contributed by atoms with E-state index in [2.05, 4.69) is 76.9 Å². The number of rotatable bonds is 10. The predicted octanol–water partition coefficient (Wildman–Crippen LogP) is 10.2. The van der Waals surface area contributed by atoms with E-state index in [0.29, 0.717) is 43.4 Å². The third-order valence-corrected chi connectivity index (χ3v) is 19.7. The lowest BCUT2D eigenvalue weighted by molar-refractivity contribution is -0.226. The van der Waals surface area contributed by atoms with E-state index in [-0.39, 0.29) is 63.4 Å². The Labute approximate surface area is 366 Å². The number of aryl methyl sites for hydroxylation is 1. The molecule has 1 saturated heterocycles. The van der Waals surface area contributed by atoms with Crippen LogP contribution in [0, 0.1) is 58.2 Å². The Morgan fingerprint density at radius 3 is 2.36 bits per heavy atom. The summed E-state index contributed by atoms with van der Waals surface area (Å²) in [5.74, 6) is 1.37. The molecule has 5 saturated carbocycles. The molecule has 1 unspecified atom stereocenters. The van der Waals surface area contributed by atoms with Crippen LogP contribution in [-0.2, 0) is 20.7 Å². The van der Waals surface area contributed by atoms with Crippen LogP contribution in [-0.4, -0.2) is 68.9 Å². The molecule has 7 nitrogen and oxygen atoms in total. The van der Waals surface area contributed by atoms with Crippen LogP contribution < -0.4 is 0 Å². The van der Waals surface area contributed by atoms with Crippen molar-refractivity contribution in [3.05, 3.63) is 70.1 Å². The summed E-state index contributed by atoms with van der Waals surface area (Å²) in [5.41, 5.74) is 6.68. The fourth-order valence-electron chi connectivity index (χ4n) is 16.6. The van der Waals surface area contributed by atoms with Crippen LogP contribution in [0.5, 0.6) is 0 Å². The third-order valence-electron chi connectivity index (χ3n) is 19.7. The number of benzene rings is 1. The number of hydrogen-bond donors (Lipinski definition) is 2. The monoisotopic (exact) mass is 831 g/mol. The average molecular weight is 831 g/mol. The maximum atomic E-state index is 14.9. The van der Waals surface area contributed by atoms with Gasteiger partial charge in [-0.05, 0) is 146 Å². The van der Waals surface area contributed by atoms with Crippen molar-refractivity contribution in [2.75, 3.05) is 6.54 Å². The molecule has 0 spiro atoms. The first-order valence-corrected chi connectivity index (χ1v) is 24.6. The fraction of sp³-hybridized carbons (Fsp3) is 0.722. The van der Waals surface area contributed by atoms with E-state index in [9.17, 15) is 19.8 Å². The molecule has 61 heavy (non-hydrogen) atoms. The second-order valence-corrected chi connectivity index (χ2v) is 23.4. The Hall–Kier alpha value is -2.87. The van der Waals surface area contributed by atoms with Crippen molar-refractivity contribution in [2.45, 2.75) is 188 Å². The van der Waals surface area contributed by atoms with E-state index in [4.69, 9.17) is 9.73 Å². The van der Waals surface area contributed by atoms with Gasteiger partial charge in [0.15, 0.2) is 5.78 Å². The highest BCUT2D eigenvalue weighted by Gasteiger charge is 2.73. The molecule has 6 fully saturated rings. The van der Waals surface area contributed by atoms with Gasteiger partial charge in [-0.25, -0.2) is 0 Å². The Kier molecular flexibility index (Phi) is 10.1. The van der Waals surface area contributed by atoms with Gasteiger partial charge in [-0.3, -0.25) is 14.6 Å². The van der Waals surface area contributed by atoms with E-state index in [1.54, 1.807) is 0 Å². The van der Waals surface area contributed by atoms with E-state index in [1.807, 2.05) is 20.0 Å². The van der Waals surface area contributed by atoms with Crippen molar-refractivity contribution < 1.29 is 24.5 Å². The lowest BCUT2D eigenvalue weighted by Crippen LogP contribution is -2.69. The third kappa shape index (κ3) is 6.29. The second-order valence-electron chi connectivity index (χ2n) is 23.4. The molecule has 0 radical (unpaired) electrons. The second kappa shape index (κ2) is 14.6. The van der Waals surface area contributed by atoms with Crippen LogP contribution in [0.1, 0.15) is 161 Å². The number of fused-ring (bicyclic) bond motifs is 6. The van der Waals surface area contributed by atoms with Gasteiger partial charge in [-0.2, -0.15) is 0 Å². The van der Waals surface area contributed by atoms with Crippen LogP contribution in [0.2, 0.25) is 0 Å². The molecule has 1 aromatic carbocycles. The summed E-state index contributed by atoms with van der Waals surface area (Å²) in [6, 6.07) is 7.17. The number of ether oxygens (including phenoxy) is 1. The predicted molar refractivity (Wildman–Crippen MR) is 241 cm³/mol. The molecule has 9 aliphatic rings. The topological polar surface area (TPSA) is 103 Å². The van der Waals surface area contributed by atoms with Gasteiger partial charge in [0.25, 0.3) is 0 Å². The zero-order valence-corrected chi connectivity index (χ0v) is 38.6. The minimum atomic E-state index is -0.695. The first-order valence-electron chi connectivity index (χ1n) is 24.6. The van der Waals surface area contributed by atoms with Gasteiger partial charge in [0.05, 0.1) is 29.6 Å². The largest absolute Gasteiger partial charge is 0.392 e. The van der Waals surface area contributed by atoms with Gasteiger partial charge in [-0.1, -0.05) is 84.1 Å². The molecule has 3 aliphatic heterocycles. The van der Waals surface area contributed by atoms with Gasteiger partial charge in [0.1, 0.15) is 11.9 Å². The minimum Gasteiger partial charge on any atom is -0.392 e. The molecule has 0 bridgehead atoms. The van der Waals surface area contributed by atoms with Crippen molar-refractivity contribution in [3.63, 3.8) is 0 Å². The Balaban J connectivity index is 1.05. The number of allylic oxidation sites excluding steroid dienone is 1. The number of Topliss-reactive ketones (excluding diaryl/α,β-unsaturated/α-hetero) is 2. The molecule has 3 heterocycles. The molecule has 12 atom stereocenters. The van der Waals surface area contributed by atoms with Gasteiger partial charge in [-0.15, -0.1) is 0 Å². The van der Waals surface area contributed by atoms with Crippen molar-refractivity contribution in [1.82, 2.24) is 4.90 Å². The number of hydrogen-bond acceptors (Lipinski definition) is 7. The normalized spacial score (nSPS) is 41.4. The molecular weight excluding hydrogens is 757 g/mol. The summed E-state index contributed by atoms with van der Waals surface area (Å²) >= 11 is 0. The summed E-state index contributed by atoms with van der Waals surface area (Å²) in [4.78, 5) is 36.6. The highest BCUT2D eigenvalue weighted by atomic mass is 16.6. The molecule has 7 heteroatoms. The maximum Gasteiger partial charge on any atom is 0.160 e. The summed E-state index contributed by atoms with van der Waals surface area (Å²) in [6.07, 6.45) is 19.7. The zero-order chi connectivity index (χ0) is 43.0. The summed E-state index contributed by atoms with van der Waals surface area (Å²) in [5, 5.41) is 25.1. The van der Waals surface area contributed by atoms with Crippen molar-refractivity contribution in [1.29, 1.82) is 0 Å². The molecule has 0 amide bonds. The molecule has 6 aliphatic carbocycles. The minimum absolute atomic E-state index is 0.0109. The van der Waals surface area contributed by atoms with Crippen molar-refractivity contribution >= 4 is 17.3 Å². The molecule has 0 aromatic heterocycles. The molecule has 10 rings (SSSR count). The van der Waals surface area contributed by atoms with Gasteiger partial charge in [0, 0.05) is 55.0 Å². The number of carbonyl (C=O) groups excluding carboxylic acids is 2. The maximum absolute atomic E-state index is 14.9. The average Bonchev–Trinajstić information content (AvgIpc) is 3.93. The number of aliphatic hydroxyl groups is 2. The number of carbonyl (C=O) groups is 2. The highest BCUT2D eigenvalue weighted by Crippen LogP contribution is 2.76.